The fourth-order valence-corrected chi connectivity index (χ4v) is 1.37. The van der Waals surface area contributed by atoms with E-state index < -0.39 is 0 Å². The van der Waals surface area contributed by atoms with Crippen molar-refractivity contribution in [2.24, 2.45) is 0 Å². The molecule has 0 aliphatic carbocycles. The third kappa shape index (κ3) is 2.14. The molecule has 0 saturated heterocycles. The summed E-state index contributed by atoms with van der Waals surface area (Å²) in [7, 11) is 0. The van der Waals surface area contributed by atoms with Gasteiger partial charge in [-0.1, -0.05) is 6.92 Å². The van der Waals surface area contributed by atoms with Gasteiger partial charge in [-0.2, -0.15) is 0 Å². The van der Waals surface area contributed by atoms with Gasteiger partial charge in [-0.05, 0) is 18.2 Å². The average Bonchev–Trinajstić information content (AvgIpc) is 2.34. The number of H-pyrrole nitrogens is 1. The number of thioether (sulfide) groups is 1. The Bertz CT molecular complexity index is 146. The third-order valence-electron chi connectivity index (χ3n) is 1.04. The predicted octanol–water partition coefficient (Wildman–Crippen LogP) is 2.52. The van der Waals surface area contributed by atoms with Crippen molar-refractivity contribution >= 4 is 11.8 Å². The lowest BCUT2D eigenvalue weighted by atomic mass is 10.6. The molecule has 0 aliphatic rings. The van der Waals surface area contributed by atoms with Crippen LogP contribution in [-0.4, -0.2) is 10.7 Å². The molecule has 0 fully saturated rings. The molecule has 0 aliphatic heterocycles. The van der Waals surface area contributed by atoms with Gasteiger partial charge in [0.25, 0.3) is 0 Å². The van der Waals surface area contributed by atoms with Gasteiger partial charge < -0.3 is 4.98 Å². The van der Waals surface area contributed by atoms with E-state index in [4.69, 9.17) is 0 Å². The van der Waals surface area contributed by atoms with Crippen molar-refractivity contribution in [2.45, 2.75) is 18.2 Å². The Morgan fingerprint density at radius 1 is 1.67 bits per heavy atom. The first-order valence-electron chi connectivity index (χ1n) is 3.19. The van der Waals surface area contributed by atoms with Crippen LogP contribution in [0.1, 0.15) is 13.3 Å². The van der Waals surface area contributed by atoms with Crippen LogP contribution in [0.25, 0.3) is 0 Å². The van der Waals surface area contributed by atoms with Gasteiger partial charge in [0.05, 0.1) is 0 Å². The number of aromatic nitrogens is 1. The maximum atomic E-state index is 3.02. The number of hydrogen-bond acceptors (Lipinski definition) is 1. The van der Waals surface area contributed by atoms with Crippen LogP contribution in [0.2, 0.25) is 0 Å². The topological polar surface area (TPSA) is 15.8 Å². The summed E-state index contributed by atoms with van der Waals surface area (Å²) in [6, 6.07) is 2.10. The molecule has 1 aromatic rings. The van der Waals surface area contributed by atoms with Gasteiger partial charge in [0.1, 0.15) is 0 Å². The molecule has 1 nitrogen and oxygen atoms in total. The summed E-state index contributed by atoms with van der Waals surface area (Å²) >= 11 is 1.90. The minimum Gasteiger partial charge on any atom is -0.367 e. The summed E-state index contributed by atoms with van der Waals surface area (Å²) in [4.78, 5) is 4.36. The zero-order valence-electron chi connectivity index (χ0n) is 5.55. The maximum Gasteiger partial charge on any atom is 0.0246 e. The summed E-state index contributed by atoms with van der Waals surface area (Å²) in [5, 5.41) is 0. The van der Waals surface area contributed by atoms with Crippen molar-refractivity contribution in [1.29, 1.82) is 0 Å². The highest BCUT2D eigenvalue weighted by Gasteiger charge is 1.89. The average molecular weight is 141 g/mol. The van der Waals surface area contributed by atoms with Crippen LogP contribution in [0, 0.1) is 0 Å². The van der Waals surface area contributed by atoms with Crippen LogP contribution in [-0.2, 0) is 0 Å². The minimum atomic E-state index is 1.22. The van der Waals surface area contributed by atoms with Crippen LogP contribution < -0.4 is 0 Å². The molecule has 0 saturated carbocycles. The van der Waals surface area contributed by atoms with Crippen molar-refractivity contribution in [3.05, 3.63) is 18.5 Å². The molecular weight excluding hydrogens is 130 g/mol. The van der Waals surface area contributed by atoms with E-state index in [2.05, 4.69) is 18.0 Å². The van der Waals surface area contributed by atoms with Gasteiger partial charge in [-0.25, -0.2) is 0 Å². The molecule has 50 valence electrons. The fourth-order valence-electron chi connectivity index (χ4n) is 0.618. The molecule has 1 heterocycles. The largest absolute Gasteiger partial charge is 0.367 e. The number of hydrogen-bond donors (Lipinski definition) is 1. The molecule has 0 bridgehead atoms. The molecular formula is C7H11NS. The van der Waals surface area contributed by atoms with Gasteiger partial charge in [-0.15, -0.1) is 11.8 Å². The van der Waals surface area contributed by atoms with E-state index in [9.17, 15) is 0 Å². The van der Waals surface area contributed by atoms with Crippen molar-refractivity contribution in [2.75, 3.05) is 5.75 Å². The van der Waals surface area contributed by atoms with E-state index in [0.717, 1.165) is 0 Å². The molecule has 1 N–H and O–H groups in total. The Morgan fingerprint density at radius 2 is 2.56 bits per heavy atom. The van der Waals surface area contributed by atoms with Crippen molar-refractivity contribution in [3.8, 4) is 0 Å². The van der Waals surface area contributed by atoms with Crippen molar-refractivity contribution in [1.82, 2.24) is 4.98 Å². The van der Waals surface area contributed by atoms with E-state index in [1.54, 1.807) is 0 Å². The van der Waals surface area contributed by atoms with E-state index >= 15 is 0 Å². The molecule has 0 aromatic carbocycles. The fraction of sp³-hybridized carbons (Fsp3) is 0.429. The van der Waals surface area contributed by atoms with Gasteiger partial charge in [0.15, 0.2) is 0 Å². The number of rotatable bonds is 3. The molecule has 1 aromatic heterocycles. The van der Waals surface area contributed by atoms with Crippen molar-refractivity contribution in [3.63, 3.8) is 0 Å². The van der Waals surface area contributed by atoms with Gasteiger partial charge in [-0.3, -0.25) is 0 Å². The first-order valence-corrected chi connectivity index (χ1v) is 4.17. The SMILES string of the molecule is CCCSc1cc[nH]c1. The summed E-state index contributed by atoms with van der Waals surface area (Å²) in [6.07, 6.45) is 5.23. The third-order valence-corrected chi connectivity index (χ3v) is 2.24. The van der Waals surface area contributed by atoms with Crippen molar-refractivity contribution < 1.29 is 0 Å². The van der Waals surface area contributed by atoms with Gasteiger partial charge in [0.2, 0.25) is 0 Å². The first kappa shape index (κ1) is 6.75. The summed E-state index contributed by atoms with van der Waals surface area (Å²) in [5.74, 6) is 1.22. The predicted molar refractivity (Wildman–Crippen MR) is 41.8 cm³/mol. The highest BCUT2D eigenvalue weighted by atomic mass is 32.2. The van der Waals surface area contributed by atoms with Crippen LogP contribution in [0.4, 0.5) is 0 Å². The first-order chi connectivity index (χ1) is 4.43. The summed E-state index contributed by atoms with van der Waals surface area (Å²) in [6.45, 7) is 2.19. The van der Waals surface area contributed by atoms with E-state index in [1.165, 1.54) is 17.1 Å². The smallest absolute Gasteiger partial charge is 0.0246 e. The van der Waals surface area contributed by atoms with E-state index in [-0.39, 0.29) is 0 Å². The minimum absolute atomic E-state index is 1.22. The Labute approximate surface area is 59.9 Å². The number of aromatic amines is 1. The van der Waals surface area contributed by atoms with Gasteiger partial charge in [0, 0.05) is 17.3 Å². The summed E-state index contributed by atoms with van der Waals surface area (Å²) < 4.78 is 0. The lowest BCUT2D eigenvalue weighted by molar-refractivity contribution is 1.10. The monoisotopic (exact) mass is 141 g/mol. The molecule has 0 unspecified atom stereocenters. The maximum absolute atomic E-state index is 3.02. The van der Waals surface area contributed by atoms with Crippen LogP contribution in [0.15, 0.2) is 23.4 Å². The molecule has 9 heavy (non-hydrogen) atoms. The Morgan fingerprint density at radius 3 is 3.11 bits per heavy atom. The second-order valence-corrected chi connectivity index (χ2v) is 3.06. The molecule has 1 rings (SSSR count). The molecule has 0 amide bonds. The quantitative estimate of drug-likeness (QED) is 0.639. The molecule has 0 radical (unpaired) electrons. The molecule has 0 spiro atoms. The molecule has 2 heteroatoms. The highest BCUT2D eigenvalue weighted by Crippen LogP contribution is 2.16. The Balaban J connectivity index is 2.30. The molecule has 0 atom stereocenters. The van der Waals surface area contributed by atoms with Crippen LogP contribution >= 0.6 is 11.8 Å². The van der Waals surface area contributed by atoms with Crippen LogP contribution in [0.5, 0.6) is 0 Å². The highest BCUT2D eigenvalue weighted by molar-refractivity contribution is 7.99. The second kappa shape index (κ2) is 3.62. The normalized spacial score (nSPS) is 9.89. The standard InChI is InChI=1S/C7H11NS/c1-2-5-9-7-3-4-8-6-7/h3-4,6,8H,2,5H2,1H3. The lowest BCUT2D eigenvalue weighted by Gasteiger charge is -1.90. The Kier molecular flexibility index (Phi) is 2.71. The number of nitrogens with one attached hydrogen (secondary N) is 1. The Hall–Kier alpha value is -0.370. The summed E-state index contributed by atoms with van der Waals surface area (Å²) in [5.41, 5.74) is 0. The van der Waals surface area contributed by atoms with Crippen LogP contribution in [0.3, 0.4) is 0 Å². The van der Waals surface area contributed by atoms with Gasteiger partial charge >= 0.3 is 0 Å². The zero-order chi connectivity index (χ0) is 6.53. The van der Waals surface area contributed by atoms with E-state index in [0.29, 0.717) is 0 Å². The van der Waals surface area contributed by atoms with E-state index in [1.807, 2.05) is 24.2 Å². The zero-order valence-corrected chi connectivity index (χ0v) is 6.37. The second-order valence-electron chi connectivity index (χ2n) is 1.90. The lowest BCUT2D eigenvalue weighted by Crippen LogP contribution is -1.70.